The fourth-order valence-electron chi connectivity index (χ4n) is 11.9. The first-order valence-corrected chi connectivity index (χ1v) is 43.4. The zero-order valence-corrected chi connectivity index (χ0v) is 65.3. The van der Waals surface area contributed by atoms with Crippen LogP contribution in [-0.4, -0.2) is 96.7 Å². The van der Waals surface area contributed by atoms with Crippen molar-refractivity contribution >= 4 is 39.5 Å². The topological polar surface area (TPSA) is 237 Å². The second-order valence-electron chi connectivity index (χ2n) is 29.1. The monoisotopic (exact) mass is 1420 g/mol. The van der Waals surface area contributed by atoms with Crippen molar-refractivity contribution in [1.29, 1.82) is 0 Å². The third kappa shape index (κ3) is 69.5. The van der Waals surface area contributed by atoms with E-state index in [0.717, 1.165) is 108 Å². The van der Waals surface area contributed by atoms with E-state index in [2.05, 4.69) is 48.5 Å². The SMILES string of the molecule is CCCCCCCCCCCCC(=O)OC[C@H](COP(=O)(O)OC[C@H](O)COP(=O)(O)OC[C@@H](COC(=O)CCCCCCCCCCCCCCC(C)C)OC(=O)CCCCCCCCCCCCCCCCCCCCC(C)CC)OC(=O)CCCCCCCCC(C)CC. The first kappa shape index (κ1) is 95.1. The Balaban J connectivity index is 5.19. The van der Waals surface area contributed by atoms with Crippen LogP contribution in [0.3, 0.4) is 0 Å². The van der Waals surface area contributed by atoms with Crippen molar-refractivity contribution in [3.63, 3.8) is 0 Å². The largest absolute Gasteiger partial charge is 0.472 e. The number of carbonyl (C=O) groups excluding carboxylic acids is 4. The van der Waals surface area contributed by atoms with Crippen LogP contribution in [0.2, 0.25) is 0 Å². The van der Waals surface area contributed by atoms with Crippen LogP contribution < -0.4 is 0 Å². The summed E-state index contributed by atoms with van der Waals surface area (Å²) in [5.41, 5.74) is 0. The third-order valence-corrected chi connectivity index (χ3v) is 20.8. The van der Waals surface area contributed by atoms with Gasteiger partial charge in [-0.1, -0.05) is 350 Å². The molecule has 0 spiro atoms. The van der Waals surface area contributed by atoms with Gasteiger partial charge in [0, 0.05) is 25.7 Å². The lowest BCUT2D eigenvalue weighted by Gasteiger charge is -2.21. The molecule has 0 amide bonds. The van der Waals surface area contributed by atoms with Gasteiger partial charge in [-0.05, 0) is 43.4 Å². The van der Waals surface area contributed by atoms with E-state index in [1.54, 1.807) is 0 Å². The maximum Gasteiger partial charge on any atom is 0.472 e. The lowest BCUT2D eigenvalue weighted by atomic mass is 9.99. The van der Waals surface area contributed by atoms with Crippen LogP contribution in [0.4, 0.5) is 0 Å². The normalized spacial score (nSPS) is 14.6. The predicted molar refractivity (Wildman–Crippen MR) is 395 cm³/mol. The highest BCUT2D eigenvalue weighted by molar-refractivity contribution is 7.47. The van der Waals surface area contributed by atoms with Gasteiger partial charge < -0.3 is 33.8 Å². The van der Waals surface area contributed by atoms with Gasteiger partial charge in [0.15, 0.2) is 12.2 Å². The number of hydrogen-bond donors (Lipinski definition) is 3. The molecule has 4 unspecified atom stereocenters. The molecule has 7 atom stereocenters. The number of phosphoric acid groups is 2. The summed E-state index contributed by atoms with van der Waals surface area (Å²) in [5.74, 6) is 0.254. The van der Waals surface area contributed by atoms with E-state index >= 15 is 0 Å². The van der Waals surface area contributed by atoms with Crippen LogP contribution in [0.15, 0.2) is 0 Å². The molecule has 0 aromatic carbocycles. The average Bonchev–Trinajstić information content (AvgIpc) is 0.978. The highest BCUT2D eigenvalue weighted by Crippen LogP contribution is 2.45. The summed E-state index contributed by atoms with van der Waals surface area (Å²) in [6.45, 7) is 11.9. The van der Waals surface area contributed by atoms with Crippen LogP contribution in [0.1, 0.15) is 402 Å². The van der Waals surface area contributed by atoms with E-state index < -0.39 is 97.5 Å². The number of aliphatic hydroxyl groups excluding tert-OH is 1. The smallest absolute Gasteiger partial charge is 0.462 e. The van der Waals surface area contributed by atoms with Crippen molar-refractivity contribution in [3.05, 3.63) is 0 Å². The van der Waals surface area contributed by atoms with Crippen LogP contribution in [0, 0.1) is 17.8 Å². The Morgan fingerprint density at radius 3 is 0.784 bits per heavy atom. The number of unbranched alkanes of at least 4 members (excludes halogenated alkanes) is 42. The van der Waals surface area contributed by atoms with E-state index in [4.69, 9.17) is 37.0 Å². The van der Waals surface area contributed by atoms with E-state index in [-0.39, 0.29) is 25.7 Å². The summed E-state index contributed by atoms with van der Waals surface area (Å²) in [5, 5.41) is 10.6. The van der Waals surface area contributed by atoms with Gasteiger partial charge >= 0.3 is 39.5 Å². The zero-order valence-electron chi connectivity index (χ0n) is 63.5. The maximum atomic E-state index is 13.1. The fourth-order valence-corrected chi connectivity index (χ4v) is 13.5. The lowest BCUT2D eigenvalue weighted by Crippen LogP contribution is -2.30. The minimum Gasteiger partial charge on any atom is -0.462 e. The van der Waals surface area contributed by atoms with Gasteiger partial charge in [0.2, 0.25) is 0 Å². The van der Waals surface area contributed by atoms with Crippen molar-refractivity contribution in [3.8, 4) is 0 Å². The van der Waals surface area contributed by atoms with E-state index in [1.807, 2.05) is 0 Å². The molecule has 0 rings (SSSR count). The minimum absolute atomic E-state index is 0.103. The van der Waals surface area contributed by atoms with Crippen molar-refractivity contribution in [2.45, 2.75) is 420 Å². The van der Waals surface area contributed by atoms with E-state index in [9.17, 15) is 43.2 Å². The van der Waals surface area contributed by atoms with Crippen LogP contribution in [0.25, 0.3) is 0 Å². The molecule has 0 aliphatic carbocycles. The predicted octanol–water partition coefficient (Wildman–Crippen LogP) is 23.0. The van der Waals surface area contributed by atoms with Crippen LogP contribution in [0.5, 0.6) is 0 Å². The molecule has 0 aromatic heterocycles. The van der Waals surface area contributed by atoms with Gasteiger partial charge in [0.05, 0.1) is 26.4 Å². The molecule has 0 saturated heterocycles. The van der Waals surface area contributed by atoms with E-state index in [1.165, 1.54) is 212 Å². The van der Waals surface area contributed by atoms with Crippen LogP contribution in [-0.2, 0) is 65.4 Å². The van der Waals surface area contributed by atoms with Crippen molar-refractivity contribution < 1.29 is 80.2 Å². The summed E-state index contributed by atoms with van der Waals surface area (Å²) in [7, 11) is -9.91. The molecule has 3 N–H and O–H groups in total. The highest BCUT2D eigenvalue weighted by Gasteiger charge is 2.30. The molecular formula is C78H152O17P2. The number of ether oxygens (including phenoxy) is 4. The molecular weight excluding hydrogens is 1270 g/mol. The summed E-state index contributed by atoms with van der Waals surface area (Å²) in [6.07, 6.45) is 55.6. The first-order chi connectivity index (χ1) is 46.8. The molecule has 0 saturated carbocycles. The Morgan fingerprint density at radius 1 is 0.299 bits per heavy atom. The molecule has 576 valence electrons. The molecule has 0 aliphatic rings. The molecule has 97 heavy (non-hydrogen) atoms. The Bertz CT molecular complexity index is 1890. The number of hydrogen-bond acceptors (Lipinski definition) is 15. The Hall–Kier alpha value is -1.94. The van der Waals surface area contributed by atoms with Gasteiger partial charge in [-0.25, -0.2) is 9.13 Å². The summed E-state index contributed by atoms with van der Waals surface area (Å²) in [6, 6.07) is 0. The lowest BCUT2D eigenvalue weighted by molar-refractivity contribution is -0.161. The van der Waals surface area contributed by atoms with Crippen molar-refractivity contribution in [2.24, 2.45) is 17.8 Å². The molecule has 17 nitrogen and oxygen atoms in total. The number of phosphoric ester groups is 2. The molecule has 0 radical (unpaired) electrons. The Kier molecular flexibility index (Phi) is 67.1. The zero-order chi connectivity index (χ0) is 71.6. The second-order valence-corrected chi connectivity index (χ2v) is 32.0. The Morgan fingerprint density at radius 2 is 0.526 bits per heavy atom. The molecule has 0 fully saturated rings. The van der Waals surface area contributed by atoms with Gasteiger partial charge in [0.1, 0.15) is 19.3 Å². The van der Waals surface area contributed by atoms with Gasteiger partial charge in [-0.2, -0.15) is 0 Å². The molecule has 19 heteroatoms. The first-order valence-electron chi connectivity index (χ1n) is 40.4. The maximum absolute atomic E-state index is 13.1. The average molecular weight is 1420 g/mol. The highest BCUT2D eigenvalue weighted by atomic mass is 31.2. The van der Waals surface area contributed by atoms with Gasteiger partial charge in [-0.15, -0.1) is 0 Å². The number of rotatable bonds is 76. The van der Waals surface area contributed by atoms with Gasteiger partial charge in [-0.3, -0.25) is 37.3 Å². The third-order valence-electron chi connectivity index (χ3n) is 18.9. The summed E-state index contributed by atoms with van der Waals surface area (Å²) < 4.78 is 68.5. The quantitative estimate of drug-likeness (QED) is 0.0222. The molecule has 0 bridgehead atoms. The number of aliphatic hydroxyl groups is 1. The second kappa shape index (κ2) is 68.5. The van der Waals surface area contributed by atoms with Crippen molar-refractivity contribution in [2.75, 3.05) is 39.6 Å². The number of esters is 4. The minimum atomic E-state index is -4.96. The molecule has 0 aromatic rings. The van der Waals surface area contributed by atoms with Crippen molar-refractivity contribution in [1.82, 2.24) is 0 Å². The molecule has 0 aliphatic heterocycles. The Labute approximate surface area is 594 Å². The fraction of sp³-hybridized carbons (Fsp3) is 0.949. The summed E-state index contributed by atoms with van der Waals surface area (Å²) >= 11 is 0. The summed E-state index contributed by atoms with van der Waals surface area (Å²) in [4.78, 5) is 72.8. The van der Waals surface area contributed by atoms with E-state index in [0.29, 0.717) is 25.7 Å². The number of carbonyl (C=O) groups is 4. The van der Waals surface area contributed by atoms with Gasteiger partial charge in [0.25, 0.3) is 0 Å². The molecule has 0 heterocycles. The standard InChI is InChI=1S/C78H152O17P2/c1-8-11-12-13-14-15-32-37-45-52-59-75(80)89-66-74(95-78(83)62-55-48-41-40-44-51-58-71(7)10-3)68-93-97(86,87)91-64-72(79)63-90-96(84,85)92-67-73(65-88-76(81)60-53-46-38-33-28-25-24-26-30-35-42-49-56-69(4)5)94-77(82)61-54-47-39-34-29-23-21-19-17-16-18-20-22-27-31-36-43-50-57-70(6)9-2/h69-74,79H,8-68H2,1-7H3,(H,84,85)(H,86,87)/t70?,71?,72-,73-,74-/m1/s1. The van der Waals surface area contributed by atoms with Crippen LogP contribution >= 0.6 is 15.6 Å².